The molecule has 0 radical (unpaired) electrons. The maximum atomic E-state index is 13.8. The number of halogens is 6. The maximum Gasteiger partial charge on any atom is 0.417 e. The Hall–Kier alpha value is -6.08. The zero-order valence-corrected chi connectivity index (χ0v) is 20.6. The minimum atomic E-state index is -4.95. The van der Waals surface area contributed by atoms with Crippen molar-refractivity contribution >= 4 is 16.7 Å². The molecule has 0 N–H and O–H groups in total. The van der Waals surface area contributed by atoms with Crippen molar-refractivity contribution in [2.45, 2.75) is 24.7 Å². The quantitative estimate of drug-likeness (QED) is 0.249. The largest absolute Gasteiger partial charge is 0.417 e. The lowest BCUT2D eigenvalue weighted by atomic mass is 9.80. The van der Waals surface area contributed by atoms with Crippen LogP contribution >= 0.6 is 0 Å². The number of hydrogen-bond acceptors (Lipinski definition) is 6. The van der Waals surface area contributed by atoms with Gasteiger partial charge in [-0.3, -0.25) is 0 Å². The molecule has 0 aliphatic heterocycles. The van der Waals surface area contributed by atoms with Crippen molar-refractivity contribution in [3.8, 4) is 36.4 Å². The van der Waals surface area contributed by atoms with Gasteiger partial charge in [-0.05, 0) is 64.1 Å². The standard InChI is InChI=1S/C30H8F6N6/c31-29(32,33)24-2-1-16-18-4-19-17-3-13(7-37)25(30(34,35)36)6-22(17)26(14(8-38)9-39)20(19)5-21(18)27(15(10-40)11-41)28(16)23(24)12-42/h1-3,5-6,19H,4H2. The fraction of sp³-hybridized carbons (Fsp3) is 0.133. The molecule has 3 aliphatic rings. The van der Waals surface area contributed by atoms with Crippen LogP contribution in [0.1, 0.15) is 56.8 Å². The first kappa shape index (κ1) is 27.5. The summed E-state index contributed by atoms with van der Waals surface area (Å²) in [5, 5.41) is 58.0. The molecule has 2 aromatic rings. The van der Waals surface area contributed by atoms with E-state index in [1.165, 1.54) is 18.2 Å². The van der Waals surface area contributed by atoms with E-state index in [9.17, 15) is 57.9 Å². The third kappa shape index (κ3) is 3.76. The molecule has 6 nitrogen and oxygen atoms in total. The predicted octanol–water partition coefficient (Wildman–Crippen LogP) is 6.96. The second-order valence-electron chi connectivity index (χ2n) is 9.31. The molecule has 0 saturated carbocycles. The summed E-state index contributed by atoms with van der Waals surface area (Å²) in [4.78, 5) is 0. The Morgan fingerprint density at radius 1 is 0.714 bits per heavy atom. The van der Waals surface area contributed by atoms with Crippen molar-refractivity contribution in [1.82, 2.24) is 0 Å². The van der Waals surface area contributed by atoms with Crippen molar-refractivity contribution in [1.29, 1.82) is 31.6 Å². The van der Waals surface area contributed by atoms with Gasteiger partial charge in [-0.15, -0.1) is 0 Å². The second kappa shape index (κ2) is 9.25. The molecule has 200 valence electrons. The van der Waals surface area contributed by atoms with Crippen LogP contribution in [-0.2, 0) is 12.4 Å². The van der Waals surface area contributed by atoms with Crippen LogP contribution in [0.4, 0.5) is 26.3 Å². The summed E-state index contributed by atoms with van der Waals surface area (Å²) in [5.74, 6) is -0.840. The lowest BCUT2D eigenvalue weighted by Gasteiger charge is -2.22. The minimum Gasteiger partial charge on any atom is -0.192 e. The van der Waals surface area contributed by atoms with E-state index in [1.54, 1.807) is 24.3 Å². The summed E-state index contributed by atoms with van der Waals surface area (Å²) in [7, 11) is 0. The van der Waals surface area contributed by atoms with E-state index in [-0.39, 0.29) is 51.0 Å². The molecule has 0 fully saturated rings. The van der Waals surface area contributed by atoms with E-state index < -0.39 is 51.7 Å². The van der Waals surface area contributed by atoms with Gasteiger partial charge in [0.25, 0.3) is 0 Å². The van der Waals surface area contributed by atoms with Crippen LogP contribution in [0, 0.1) is 68.0 Å². The SMILES string of the molecule is N#CC(C#N)=C1C2=CC3=C(CC2c2cc(C#N)c(C(F)(F)F)cc21)c1ccc(C(F)(F)F)c(C#N)c1C3=C(C#N)C#N. The van der Waals surface area contributed by atoms with Crippen molar-refractivity contribution in [2.75, 3.05) is 0 Å². The summed E-state index contributed by atoms with van der Waals surface area (Å²) < 4.78 is 83.0. The van der Waals surface area contributed by atoms with Gasteiger partial charge in [0.1, 0.15) is 41.5 Å². The van der Waals surface area contributed by atoms with Crippen LogP contribution in [0.3, 0.4) is 0 Å². The molecule has 12 heteroatoms. The van der Waals surface area contributed by atoms with E-state index in [4.69, 9.17) is 0 Å². The number of benzene rings is 2. The normalized spacial score (nSPS) is 16.3. The van der Waals surface area contributed by atoms with Crippen molar-refractivity contribution in [3.05, 3.63) is 97.1 Å². The zero-order valence-electron chi connectivity index (χ0n) is 20.6. The van der Waals surface area contributed by atoms with Gasteiger partial charge in [-0.25, -0.2) is 0 Å². The van der Waals surface area contributed by atoms with Crippen LogP contribution in [0.25, 0.3) is 16.7 Å². The number of fused-ring (bicyclic) bond motifs is 5. The van der Waals surface area contributed by atoms with Crippen LogP contribution in [0.5, 0.6) is 0 Å². The van der Waals surface area contributed by atoms with Crippen LogP contribution in [-0.4, -0.2) is 0 Å². The van der Waals surface area contributed by atoms with Gasteiger partial charge in [0, 0.05) is 22.6 Å². The highest BCUT2D eigenvalue weighted by Crippen LogP contribution is 2.60. The minimum absolute atomic E-state index is 0.0715. The van der Waals surface area contributed by atoms with E-state index in [0.29, 0.717) is 17.7 Å². The van der Waals surface area contributed by atoms with Crippen molar-refractivity contribution < 1.29 is 26.3 Å². The average molecular weight is 566 g/mol. The third-order valence-corrected chi connectivity index (χ3v) is 7.37. The molecule has 0 bridgehead atoms. The molecular weight excluding hydrogens is 558 g/mol. The Morgan fingerprint density at radius 2 is 1.31 bits per heavy atom. The maximum absolute atomic E-state index is 13.8. The van der Waals surface area contributed by atoms with Crippen LogP contribution in [0.2, 0.25) is 0 Å². The Kier molecular flexibility index (Phi) is 6.05. The molecule has 42 heavy (non-hydrogen) atoms. The molecule has 0 spiro atoms. The lowest BCUT2D eigenvalue weighted by Crippen LogP contribution is -2.10. The number of rotatable bonds is 0. The van der Waals surface area contributed by atoms with Gasteiger partial charge in [-0.2, -0.15) is 57.9 Å². The highest BCUT2D eigenvalue weighted by Gasteiger charge is 2.45. The molecule has 0 heterocycles. The van der Waals surface area contributed by atoms with E-state index in [1.807, 2.05) is 0 Å². The fourth-order valence-corrected chi connectivity index (χ4v) is 5.79. The highest BCUT2D eigenvalue weighted by molar-refractivity contribution is 6.09. The molecule has 3 aliphatic carbocycles. The first-order chi connectivity index (χ1) is 19.9. The summed E-state index contributed by atoms with van der Waals surface area (Å²) in [6.07, 6.45) is -8.67. The number of hydrogen-bond donors (Lipinski definition) is 0. The average Bonchev–Trinajstić information content (AvgIpc) is 3.43. The Morgan fingerprint density at radius 3 is 1.83 bits per heavy atom. The summed E-state index contributed by atoms with van der Waals surface area (Å²) in [6.45, 7) is 0. The number of alkyl halides is 6. The number of nitriles is 6. The van der Waals surface area contributed by atoms with Gasteiger partial charge >= 0.3 is 12.4 Å². The first-order valence-electron chi connectivity index (χ1n) is 11.7. The molecule has 0 amide bonds. The molecular formula is C30H8F6N6. The summed E-state index contributed by atoms with van der Waals surface area (Å²) in [6, 6.07) is 13.1. The molecule has 0 aromatic heterocycles. The molecule has 1 atom stereocenters. The zero-order chi connectivity index (χ0) is 30.7. The Labute approximate surface area is 233 Å². The highest BCUT2D eigenvalue weighted by atomic mass is 19.4. The second-order valence-corrected chi connectivity index (χ2v) is 9.31. The number of allylic oxidation sites excluding steroid dienone is 8. The third-order valence-electron chi connectivity index (χ3n) is 7.37. The molecule has 1 unspecified atom stereocenters. The monoisotopic (exact) mass is 566 g/mol. The Bertz CT molecular complexity index is 2010. The molecule has 0 saturated heterocycles. The van der Waals surface area contributed by atoms with E-state index >= 15 is 0 Å². The smallest absolute Gasteiger partial charge is 0.192 e. The van der Waals surface area contributed by atoms with Gasteiger partial charge in [0.15, 0.2) is 0 Å². The van der Waals surface area contributed by atoms with Gasteiger partial charge < -0.3 is 0 Å². The van der Waals surface area contributed by atoms with Crippen molar-refractivity contribution in [2.24, 2.45) is 0 Å². The van der Waals surface area contributed by atoms with Crippen molar-refractivity contribution in [3.63, 3.8) is 0 Å². The summed E-state index contributed by atoms with van der Waals surface area (Å²) in [5.41, 5.74) is -5.25. The topological polar surface area (TPSA) is 143 Å². The van der Waals surface area contributed by atoms with Gasteiger partial charge in [0.2, 0.25) is 0 Å². The Balaban J connectivity index is 1.89. The molecule has 2 aromatic carbocycles. The lowest BCUT2D eigenvalue weighted by molar-refractivity contribution is -0.138. The number of nitrogens with zero attached hydrogens (tertiary/aromatic N) is 6. The predicted molar refractivity (Wildman–Crippen MR) is 131 cm³/mol. The van der Waals surface area contributed by atoms with E-state index in [0.717, 1.165) is 12.1 Å². The van der Waals surface area contributed by atoms with Gasteiger partial charge in [0.05, 0.1) is 28.3 Å². The van der Waals surface area contributed by atoms with E-state index in [2.05, 4.69) is 0 Å². The van der Waals surface area contributed by atoms with Crippen LogP contribution in [0.15, 0.2) is 52.6 Å². The molecule has 5 rings (SSSR count). The van der Waals surface area contributed by atoms with Gasteiger partial charge in [-0.1, -0.05) is 6.07 Å². The summed E-state index contributed by atoms with van der Waals surface area (Å²) >= 11 is 0. The first-order valence-corrected chi connectivity index (χ1v) is 11.7. The fourth-order valence-electron chi connectivity index (χ4n) is 5.79. The van der Waals surface area contributed by atoms with Crippen LogP contribution < -0.4 is 0 Å².